The maximum absolute atomic E-state index is 11.0. The van der Waals surface area contributed by atoms with Gasteiger partial charge in [0.15, 0.2) is 35.6 Å². The van der Waals surface area contributed by atoms with Crippen LogP contribution in [-0.4, -0.2) is 52.8 Å². The van der Waals surface area contributed by atoms with Crippen LogP contribution in [0, 0.1) is 0 Å². The Morgan fingerprint density at radius 1 is 1.26 bits per heavy atom. The third-order valence-electron chi connectivity index (χ3n) is 3.53. The van der Waals surface area contributed by atoms with Crippen molar-refractivity contribution < 1.29 is 29.2 Å². The Kier molecular flexibility index (Phi) is 3.30. The first-order valence-electron chi connectivity index (χ1n) is 5.86. The zero-order valence-electron chi connectivity index (χ0n) is 10.3. The summed E-state index contributed by atoms with van der Waals surface area (Å²) < 4.78 is 23.0. The van der Waals surface area contributed by atoms with Crippen LogP contribution in [0.3, 0.4) is 0 Å². The zero-order chi connectivity index (χ0) is 14.0. The van der Waals surface area contributed by atoms with E-state index in [2.05, 4.69) is 31.9 Å². The topological polar surface area (TPSA) is 77.4 Å². The molecule has 0 aromatic carbocycles. The Balaban J connectivity index is 2.02. The van der Waals surface area contributed by atoms with E-state index in [9.17, 15) is 10.2 Å². The van der Waals surface area contributed by atoms with E-state index in [1.165, 1.54) is 0 Å². The maximum Gasteiger partial charge on any atom is 0.191 e. The minimum absolute atomic E-state index is 0.255. The highest BCUT2D eigenvalue weighted by Crippen LogP contribution is 2.53. The molecule has 2 N–H and O–H groups in total. The van der Waals surface area contributed by atoms with E-state index in [0.717, 1.165) is 0 Å². The number of hydrogen-bond acceptors (Lipinski definition) is 6. The van der Waals surface area contributed by atoms with Gasteiger partial charge < -0.3 is 29.2 Å². The predicted molar refractivity (Wildman–Crippen MR) is 70.5 cm³/mol. The largest absolute Gasteiger partial charge is 0.484 e. The molecule has 0 amide bonds. The molecule has 3 rings (SSSR count). The summed E-state index contributed by atoms with van der Waals surface area (Å²) in [5.41, 5.74) is -1.49. The molecule has 0 aromatic rings. The molecule has 108 valence electrons. The highest BCUT2D eigenvalue weighted by atomic mass is 79.9. The molecule has 0 spiro atoms. The van der Waals surface area contributed by atoms with Crippen molar-refractivity contribution in [3.05, 3.63) is 9.15 Å². The van der Waals surface area contributed by atoms with Gasteiger partial charge in [-0.05, 0) is 45.7 Å². The lowest BCUT2D eigenvalue weighted by Gasteiger charge is -2.27. The van der Waals surface area contributed by atoms with Crippen LogP contribution in [0.1, 0.15) is 13.8 Å². The average Bonchev–Trinajstić information content (AvgIpc) is 2.83. The molecule has 0 aromatic heterocycles. The summed E-state index contributed by atoms with van der Waals surface area (Å²) in [6, 6.07) is 0. The first-order chi connectivity index (χ1) is 8.79. The molecule has 3 heterocycles. The lowest BCUT2D eigenvalue weighted by molar-refractivity contribution is -0.224. The van der Waals surface area contributed by atoms with Gasteiger partial charge in [-0.15, -0.1) is 0 Å². The van der Waals surface area contributed by atoms with Crippen LogP contribution in [0.5, 0.6) is 0 Å². The minimum Gasteiger partial charge on any atom is -0.484 e. The van der Waals surface area contributed by atoms with Crippen molar-refractivity contribution in [3.8, 4) is 0 Å². The standard InChI is InChI=1S/C11H14Br2O6/c1-10(2)18-7-9(19-10)17-5-4(3-14)16-6(8(12)13)11(5,7)15/h4-5,7,9,14-15H,3H2,1-2H3/t4-,5-,7+,9-,11+/m1/s1. The maximum atomic E-state index is 11.0. The van der Waals surface area contributed by atoms with Crippen LogP contribution in [0.4, 0.5) is 0 Å². The van der Waals surface area contributed by atoms with Crippen molar-refractivity contribution in [1.82, 2.24) is 0 Å². The molecule has 5 atom stereocenters. The van der Waals surface area contributed by atoms with Crippen LogP contribution in [-0.2, 0) is 18.9 Å². The van der Waals surface area contributed by atoms with Crippen LogP contribution in [0.25, 0.3) is 0 Å². The normalized spacial score (nSPS) is 46.9. The molecule has 0 unspecified atom stereocenters. The molecule has 19 heavy (non-hydrogen) atoms. The van der Waals surface area contributed by atoms with E-state index >= 15 is 0 Å². The number of fused-ring (bicyclic) bond motifs is 3. The van der Waals surface area contributed by atoms with Gasteiger partial charge in [0.05, 0.1) is 6.61 Å². The van der Waals surface area contributed by atoms with Gasteiger partial charge >= 0.3 is 0 Å². The quantitative estimate of drug-likeness (QED) is 0.681. The number of aliphatic hydroxyl groups excluding tert-OH is 1. The molecule has 3 fully saturated rings. The van der Waals surface area contributed by atoms with Gasteiger partial charge in [0.25, 0.3) is 0 Å². The van der Waals surface area contributed by atoms with Gasteiger partial charge in [-0.3, -0.25) is 0 Å². The van der Waals surface area contributed by atoms with Crippen LogP contribution < -0.4 is 0 Å². The van der Waals surface area contributed by atoms with E-state index in [4.69, 9.17) is 18.9 Å². The number of hydrogen-bond donors (Lipinski definition) is 2. The summed E-state index contributed by atoms with van der Waals surface area (Å²) in [7, 11) is 0. The van der Waals surface area contributed by atoms with Crippen LogP contribution in [0.15, 0.2) is 9.15 Å². The summed E-state index contributed by atoms with van der Waals surface area (Å²) in [5, 5.41) is 20.3. The smallest absolute Gasteiger partial charge is 0.191 e. The van der Waals surface area contributed by atoms with Gasteiger partial charge in [-0.1, -0.05) is 0 Å². The van der Waals surface area contributed by atoms with E-state index < -0.39 is 36.0 Å². The molecule has 3 aliphatic rings. The van der Waals surface area contributed by atoms with Gasteiger partial charge in [-0.2, -0.15) is 0 Å². The number of rotatable bonds is 1. The van der Waals surface area contributed by atoms with Crippen molar-refractivity contribution in [1.29, 1.82) is 0 Å². The van der Waals surface area contributed by atoms with Gasteiger partial charge in [0.1, 0.15) is 9.50 Å². The van der Waals surface area contributed by atoms with Crippen molar-refractivity contribution in [3.63, 3.8) is 0 Å². The Morgan fingerprint density at radius 3 is 2.53 bits per heavy atom. The average molecular weight is 402 g/mol. The summed E-state index contributed by atoms with van der Waals surface area (Å²) in [6.45, 7) is 3.23. The summed E-state index contributed by atoms with van der Waals surface area (Å²) >= 11 is 6.47. The molecule has 0 aliphatic carbocycles. The minimum atomic E-state index is -1.49. The van der Waals surface area contributed by atoms with E-state index in [-0.39, 0.29) is 12.4 Å². The van der Waals surface area contributed by atoms with E-state index in [1.54, 1.807) is 13.8 Å². The molecule has 8 heteroatoms. The van der Waals surface area contributed by atoms with Gasteiger partial charge in [0, 0.05) is 0 Å². The second-order valence-electron chi connectivity index (χ2n) is 5.23. The Bertz CT molecular complexity index is 435. The van der Waals surface area contributed by atoms with Crippen molar-refractivity contribution >= 4 is 31.9 Å². The number of ether oxygens (including phenoxy) is 4. The molecule has 6 nitrogen and oxygen atoms in total. The molecular formula is C11H14Br2O6. The molecule has 0 radical (unpaired) electrons. The first-order valence-corrected chi connectivity index (χ1v) is 7.45. The lowest BCUT2D eigenvalue weighted by atomic mass is 9.91. The second-order valence-corrected chi connectivity index (χ2v) is 7.89. The fourth-order valence-corrected chi connectivity index (χ4v) is 3.63. The summed E-state index contributed by atoms with van der Waals surface area (Å²) in [4.78, 5) is 0. The second kappa shape index (κ2) is 4.40. The highest BCUT2D eigenvalue weighted by molar-refractivity contribution is 9.28. The SMILES string of the molecule is CC1(C)O[C@H]2O[C@@H]3[C@@H](CO)OC(=C(Br)Br)[C@]3(O)[C@H]2O1. The summed E-state index contributed by atoms with van der Waals surface area (Å²) in [5.74, 6) is -0.581. The number of aliphatic hydroxyl groups is 2. The van der Waals surface area contributed by atoms with Crippen LogP contribution in [0.2, 0.25) is 0 Å². The fraction of sp³-hybridized carbons (Fsp3) is 0.818. The van der Waals surface area contributed by atoms with Crippen molar-refractivity contribution in [2.24, 2.45) is 0 Å². The van der Waals surface area contributed by atoms with Crippen LogP contribution >= 0.6 is 31.9 Å². The predicted octanol–water partition coefficient (Wildman–Crippen LogP) is 0.944. The third-order valence-corrected chi connectivity index (χ3v) is 4.25. The Morgan fingerprint density at radius 2 is 1.95 bits per heavy atom. The molecular weight excluding hydrogens is 388 g/mol. The van der Waals surface area contributed by atoms with E-state index in [1.807, 2.05) is 0 Å². The van der Waals surface area contributed by atoms with Gasteiger partial charge in [-0.25, -0.2) is 0 Å². The van der Waals surface area contributed by atoms with Crippen molar-refractivity contribution in [2.75, 3.05) is 6.61 Å². The highest BCUT2D eigenvalue weighted by Gasteiger charge is 2.71. The molecule has 0 bridgehead atoms. The van der Waals surface area contributed by atoms with Gasteiger partial charge in [0.2, 0.25) is 0 Å². The monoisotopic (exact) mass is 400 g/mol. The Hall–Kier alpha value is 0.300. The summed E-state index contributed by atoms with van der Waals surface area (Å²) in [6.07, 6.45) is -2.78. The van der Waals surface area contributed by atoms with E-state index in [0.29, 0.717) is 3.39 Å². The molecule has 0 saturated carbocycles. The third kappa shape index (κ3) is 1.92. The zero-order valence-corrected chi connectivity index (χ0v) is 13.5. The fourth-order valence-electron chi connectivity index (χ4n) is 2.80. The first kappa shape index (κ1) is 14.2. The molecule has 3 aliphatic heterocycles. The van der Waals surface area contributed by atoms with Crippen molar-refractivity contribution in [2.45, 2.75) is 49.8 Å². The lowest BCUT2D eigenvalue weighted by Crippen LogP contribution is -2.49. The number of halogens is 2. The Labute approximate surface area is 126 Å². The molecule has 3 saturated heterocycles.